The van der Waals surface area contributed by atoms with E-state index in [0.717, 1.165) is 6.92 Å². The molecule has 0 saturated heterocycles. The second kappa shape index (κ2) is 21.2. The van der Waals surface area contributed by atoms with E-state index in [9.17, 15) is 46.9 Å². The SMILES string of the molecule is C=C(CC)C(=O)OC(N(F)S(=O)(=O)CCCC)(N(F)S(=O)(=O)CCCC)C(N(F)S(=O)(=O)CCCC)(N(F)S(=O)(=O)CCCC)N(F)S(=O)(=O)CCCC. The van der Waals surface area contributed by atoms with Crippen LogP contribution in [0, 0.1) is 0 Å². The lowest BCUT2D eigenvalue weighted by molar-refractivity contribution is -0.409. The lowest BCUT2D eigenvalue weighted by atomic mass is 10.2. The number of hydrogen-bond donors (Lipinski definition) is 0. The third-order valence-corrected chi connectivity index (χ3v) is 15.3. The number of ether oxygens (including phenoxy) is 1. The predicted molar refractivity (Wildman–Crippen MR) is 189 cm³/mol. The third kappa shape index (κ3) is 11.5. The third-order valence-electron chi connectivity index (χ3n) is 7.60. The quantitative estimate of drug-likeness (QED) is 0.0337. The highest BCUT2D eigenvalue weighted by Crippen LogP contribution is 2.51. The number of hydrogen-bond acceptors (Lipinski definition) is 12. The van der Waals surface area contributed by atoms with Crippen LogP contribution in [-0.2, 0) is 59.6 Å². The summed E-state index contributed by atoms with van der Waals surface area (Å²) in [6.07, 6.45) is -4.97. The molecule has 0 aliphatic rings. The molecule has 27 heteroatoms. The molecule has 54 heavy (non-hydrogen) atoms. The van der Waals surface area contributed by atoms with Gasteiger partial charge in [-0.2, -0.15) is 0 Å². The minimum Gasteiger partial charge on any atom is -0.414 e. The molecule has 0 heterocycles. The van der Waals surface area contributed by atoms with Gasteiger partial charge in [0.1, 0.15) is 0 Å². The van der Waals surface area contributed by atoms with Crippen molar-refractivity contribution in [3.8, 4) is 0 Å². The van der Waals surface area contributed by atoms with Crippen LogP contribution in [-0.4, -0.2) is 111 Å². The summed E-state index contributed by atoms with van der Waals surface area (Å²) in [5, 5.41) is 0. The van der Waals surface area contributed by atoms with Crippen molar-refractivity contribution in [2.24, 2.45) is 0 Å². The van der Waals surface area contributed by atoms with Gasteiger partial charge in [0.05, 0.1) is 28.8 Å². The monoisotopic (exact) mass is 893 g/mol. The maximum absolute atomic E-state index is 17.4. The van der Waals surface area contributed by atoms with Crippen LogP contribution < -0.4 is 0 Å². The molecule has 0 N–H and O–H groups in total. The van der Waals surface area contributed by atoms with Crippen LogP contribution in [0.5, 0.6) is 0 Å². The average molecular weight is 894 g/mol. The predicted octanol–water partition coefficient (Wildman–Crippen LogP) is 4.39. The molecule has 0 spiro atoms. The molecular weight excluding hydrogens is 842 g/mol. The van der Waals surface area contributed by atoms with E-state index in [2.05, 4.69) is 11.3 Å². The smallest absolute Gasteiger partial charge is 0.362 e. The molecule has 0 radical (unpaired) electrons. The largest absolute Gasteiger partial charge is 0.414 e. The highest BCUT2D eigenvalue weighted by Gasteiger charge is 2.85. The number of carbonyl (C=O) groups excluding carboxylic acids is 1. The molecule has 0 aliphatic heterocycles. The summed E-state index contributed by atoms with van der Waals surface area (Å²) < 4.78 is 217. The Morgan fingerprint density at radius 3 is 0.907 bits per heavy atom. The summed E-state index contributed by atoms with van der Waals surface area (Å²) in [6, 6.07) is 0. The number of unbranched alkanes of at least 4 members (excludes halogenated alkanes) is 5. The lowest BCUT2D eigenvalue weighted by Crippen LogP contribution is -2.86. The highest BCUT2D eigenvalue weighted by molar-refractivity contribution is 7.91. The Kier molecular flexibility index (Phi) is 20.6. The van der Waals surface area contributed by atoms with E-state index >= 15 is 22.4 Å². The normalized spacial score (nSPS) is 14.1. The molecule has 0 rings (SSSR count). The van der Waals surface area contributed by atoms with Gasteiger partial charge >= 0.3 is 17.6 Å². The van der Waals surface area contributed by atoms with E-state index in [4.69, 9.17) is 0 Å². The molecule has 17 nitrogen and oxygen atoms in total. The Morgan fingerprint density at radius 1 is 0.481 bits per heavy atom. The van der Waals surface area contributed by atoms with Gasteiger partial charge in [0.15, 0.2) is 0 Å². The van der Waals surface area contributed by atoms with Crippen molar-refractivity contribution < 1.29 is 74.0 Å². The average Bonchev–Trinajstić information content (AvgIpc) is 3.11. The first kappa shape index (κ1) is 52.4. The number of sulfonamides is 5. The number of nitrogens with zero attached hydrogens (tertiary/aromatic N) is 5. The van der Waals surface area contributed by atoms with Gasteiger partial charge < -0.3 is 4.74 Å². The van der Waals surface area contributed by atoms with Crippen molar-refractivity contribution in [2.75, 3.05) is 28.8 Å². The van der Waals surface area contributed by atoms with E-state index in [1.165, 1.54) is 34.6 Å². The molecule has 0 unspecified atom stereocenters. The fourth-order valence-corrected chi connectivity index (χ4v) is 11.7. The van der Waals surface area contributed by atoms with Gasteiger partial charge in [-0.1, -0.05) is 80.2 Å². The van der Waals surface area contributed by atoms with Crippen molar-refractivity contribution in [1.29, 1.82) is 0 Å². The maximum Gasteiger partial charge on any atom is 0.362 e. The lowest BCUT2D eigenvalue weighted by Gasteiger charge is -2.52. The van der Waals surface area contributed by atoms with Crippen molar-refractivity contribution >= 4 is 56.1 Å². The Labute approximate surface area is 316 Å². The van der Waals surface area contributed by atoms with Crippen LogP contribution >= 0.6 is 0 Å². The molecule has 0 aromatic rings. The van der Waals surface area contributed by atoms with Crippen molar-refractivity contribution in [3.05, 3.63) is 12.2 Å². The minimum atomic E-state index is -6.38. The Hall–Kier alpha value is -1.59. The van der Waals surface area contributed by atoms with Crippen molar-refractivity contribution in [2.45, 2.75) is 124 Å². The Morgan fingerprint density at radius 2 is 0.704 bits per heavy atom. The fraction of sp³-hybridized carbons (Fsp3) is 0.889. The molecule has 322 valence electrons. The van der Waals surface area contributed by atoms with Crippen LogP contribution in [0.3, 0.4) is 0 Å². The molecule has 0 bridgehead atoms. The Bertz CT molecular complexity index is 1650. The maximum atomic E-state index is 17.4. The van der Waals surface area contributed by atoms with Gasteiger partial charge in [0.2, 0.25) is 50.1 Å². The molecule has 0 fully saturated rings. The zero-order valence-electron chi connectivity index (χ0n) is 31.1. The molecule has 0 aromatic carbocycles. The molecule has 0 amide bonds. The Balaban J connectivity index is 9.96. The zero-order chi connectivity index (χ0) is 42.6. The summed E-state index contributed by atoms with van der Waals surface area (Å²) in [6.45, 7) is 10.7. The minimum absolute atomic E-state index is 0.173. The first-order valence-corrected chi connectivity index (χ1v) is 25.1. The molecule has 0 aromatic heterocycles. The summed E-state index contributed by atoms with van der Waals surface area (Å²) in [7, 11) is -31.8. The molecule has 0 saturated carbocycles. The number of esters is 1. The fourth-order valence-electron chi connectivity index (χ4n) is 4.31. The van der Waals surface area contributed by atoms with E-state index < -0.39 is 163 Å². The second-order valence-corrected chi connectivity index (χ2v) is 21.5. The second-order valence-electron chi connectivity index (χ2n) is 12.0. The van der Waals surface area contributed by atoms with Gasteiger partial charge in [-0.05, 0) is 38.5 Å². The van der Waals surface area contributed by atoms with Crippen LogP contribution in [0.4, 0.5) is 22.4 Å². The highest BCUT2D eigenvalue weighted by atomic mass is 32.2. The molecule has 0 atom stereocenters. The standard InChI is InChI=1S/C27H52F5N5O12S5/c1-8-14-19-50(39,40)33(28)26(34(29)51(41,42)20-15-9-2,35(30)52(43,44)21-16-10-3)27(49-25(38)24(7)13-6,36(31)53(45,46)22-17-11-4)37(32)54(47,48)23-18-12-5/h7-23H2,1-6H3. The molecule has 0 aliphatic carbocycles. The van der Waals surface area contributed by atoms with E-state index in [1.54, 1.807) is 0 Å². The number of carbonyl (C=O) groups is 1. The van der Waals surface area contributed by atoms with Crippen LogP contribution in [0.2, 0.25) is 0 Å². The molecular formula is C27H52F5N5O12S5. The summed E-state index contributed by atoms with van der Waals surface area (Å²) in [4.78, 5) is 13.5. The van der Waals surface area contributed by atoms with Crippen LogP contribution in [0.25, 0.3) is 0 Å². The van der Waals surface area contributed by atoms with Gasteiger partial charge in [-0.3, -0.25) is 0 Å². The first-order chi connectivity index (χ1) is 24.7. The summed E-state index contributed by atoms with van der Waals surface area (Å²) in [5.41, 5.74) is -1.04. The van der Waals surface area contributed by atoms with E-state index in [0.29, 0.717) is 0 Å². The summed E-state index contributed by atoms with van der Waals surface area (Å²) >= 11 is 0. The van der Waals surface area contributed by atoms with Gasteiger partial charge in [-0.15, -0.1) is 22.4 Å². The van der Waals surface area contributed by atoms with Crippen LogP contribution in [0.15, 0.2) is 12.2 Å². The van der Waals surface area contributed by atoms with Crippen molar-refractivity contribution in [3.63, 3.8) is 0 Å². The van der Waals surface area contributed by atoms with E-state index in [1.807, 2.05) is 0 Å². The summed E-state index contributed by atoms with van der Waals surface area (Å²) in [5.74, 6) is -23.1. The van der Waals surface area contributed by atoms with Gasteiger partial charge in [-0.25, -0.2) is 46.9 Å². The van der Waals surface area contributed by atoms with E-state index in [-0.39, 0.29) is 32.1 Å². The topological polar surface area (TPSA) is 213 Å². The van der Waals surface area contributed by atoms with Crippen LogP contribution in [0.1, 0.15) is 112 Å². The van der Waals surface area contributed by atoms with Gasteiger partial charge in [0.25, 0.3) is 0 Å². The number of halogens is 5. The zero-order valence-corrected chi connectivity index (χ0v) is 35.2. The first-order valence-electron chi connectivity index (χ1n) is 17.0. The number of rotatable bonds is 29. The van der Waals surface area contributed by atoms with Crippen molar-refractivity contribution in [1.82, 2.24) is 22.6 Å². The van der Waals surface area contributed by atoms with Gasteiger partial charge in [0, 0.05) is 28.2 Å².